The van der Waals surface area contributed by atoms with E-state index >= 15 is 0 Å². The summed E-state index contributed by atoms with van der Waals surface area (Å²) in [6.45, 7) is 9.76. The van der Waals surface area contributed by atoms with Crippen molar-refractivity contribution in [2.45, 2.75) is 38.5 Å². The Morgan fingerprint density at radius 2 is 1.92 bits per heavy atom. The molecule has 72 valence electrons. The Balaban J connectivity index is 3.71. The third-order valence-electron chi connectivity index (χ3n) is 1.48. The molecule has 12 heavy (non-hydrogen) atoms. The van der Waals surface area contributed by atoms with Crippen molar-refractivity contribution in [1.29, 1.82) is 0 Å². The molecule has 0 spiro atoms. The van der Waals surface area contributed by atoms with E-state index in [0.29, 0.717) is 6.54 Å². The molecule has 0 bridgehead atoms. The molecule has 3 nitrogen and oxygen atoms in total. The van der Waals surface area contributed by atoms with Crippen LogP contribution < -0.4 is 5.32 Å². The van der Waals surface area contributed by atoms with E-state index in [4.69, 9.17) is 5.11 Å². The summed E-state index contributed by atoms with van der Waals surface area (Å²) in [6.07, 6.45) is -0.295. The molecule has 0 aliphatic rings. The van der Waals surface area contributed by atoms with Crippen LogP contribution in [-0.4, -0.2) is 34.5 Å². The van der Waals surface area contributed by atoms with Gasteiger partial charge in [0, 0.05) is 12.1 Å². The Morgan fingerprint density at radius 3 is 2.25 bits per heavy atom. The number of aliphatic hydroxyl groups excluding tert-OH is 2. The first-order valence-electron chi connectivity index (χ1n) is 4.10. The van der Waals surface area contributed by atoms with Crippen molar-refractivity contribution < 1.29 is 10.2 Å². The summed E-state index contributed by atoms with van der Waals surface area (Å²) in [5.74, 6) is 0. The predicted octanol–water partition coefficient (Wildman–Crippen LogP) is 0.282. The third kappa shape index (κ3) is 5.29. The van der Waals surface area contributed by atoms with E-state index in [0.717, 1.165) is 0 Å². The van der Waals surface area contributed by atoms with Crippen LogP contribution in [0.1, 0.15) is 20.8 Å². The van der Waals surface area contributed by atoms with Gasteiger partial charge < -0.3 is 15.5 Å². The maximum absolute atomic E-state index is 9.30. The fourth-order valence-electron chi connectivity index (χ4n) is 0.689. The fraction of sp³-hybridized carbons (Fsp3) is 0.778. The van der Waals surface area contributed by atoms with Gasteiger partial charge in [-0.15, -0.1) is 6.58 Å². The SMILES string of the molecule is C=CC(O)C(O)CNC(C)(C)C. The van der Waals surface area contributed by atoms with Gasteiger partial charge in [-0.2, -0.15) is 0 Å². The highest BCUT2D eigenvalue weighted by Crippen LogP contribution is 2.00. The summed E-state index contributed by atoms with van der Waals surface area (Å²) in [7, 11) is 0. The average Bonchev–Trinajstić information content (AvgIpc) is 1.97. The van der Waals surface area contributed by atoms with E-state index < -0.39 is 12.2 Å². The van der Waals surface area contributed by atoms with Crippen molar-refractivity contribution in [2.24, 2.45) is 0 Å². The van der Waals surface area contributed by atoms with Gasteiger partial charge >= 0.3 is 0 Å². The van der Waals surface area contributed by atoms with E-state index in [1.807, 2.05) is 20.8 Å². The summed E-state index contributed by atoms with van der Waals surface area (Å²) >= 11 is 0. The second-order valence-corrected chi connectivity index (χ2v) is 3.92. The molecule has 0 radical (unpaired) electrons. The van der Waals surface area contributed by atoms with Crippen LogP contribution >= 0.6 is 0 Å². The van der Waals surface area contributed by atoms with Crippen LogP contribution in [0.2, 0.25) is 0 Å². The maximum atomic E-state index is 9.30. The Bertz CT molecular complexity index is 140. The molecule has 0 aromatic carbocycles. The molecule has 0 aliphatic heterocycles. The fourth-order valence-corrected chi connectivity index (χ4v) is 0.689. The normalized spacial score (nSPS) is 17.1. The molecule has 0 saturated carbocycles. The van der Waals surface area contributed by atoms with Gasteiger partial charge in [0.1, 0.15) is 0 Å². The van der Waals surface area contributed by atoms with Crippen LogP contribution in [0.15, 0.2) is 12.7 Å². The van der Waals surface area contributed by atoms with Crippen molar-refractivity contribution in [2.75, 3.05) is 6.54 Å². The van der Waals surface area contributed by atoms with Gasteiger partial charge in [-0.25, -0.2) is 0 Å². The van der Waals surface area contributed by atoms with E-state index in [-0.39, 0.29) is 5.54 Å². The Morgan fingerprint density at radius 1 is 1.42 bits per heavy atom. The molecule has 0 aliphatic carbocycles. The zero-order valence-corrected chi connectivity index (χ0v) is 8.04. The quantitative estimate of drug-likeness (QED) is 0.535. The summed E-state index contributed by atoms with van der Waals surface area (Å²) in [6, 6.07) is 0. The highest BCUT2D eigenvalue weighted by Gasteiger charge is 2.16. The zero-order chi connectivity index (χ0) is 9.78. The van der Waals surface area contributed by atoms with Crippen LogP contribution in [-0.2, 0) is 0 Å². The molecule has 3 heteroatoms. The maximum Gasteiger partial charge on any atom is 0.0989 e. The topological polar surface area (TPSA) is 52.5 Å². The summed E-state index contributed by atoms with van der Waals surface area (Å²) in [5.41, 5.74) is -0.0398. The van der Waals surface area contributed by atoms with E-state index in [9.17, 15) is 5.11 Å². The van der Waals surface area contributed by atoms with Crippen molar-refractivity contribution in [1.82, 2.24) is 5.32 Å². The van der Waals surface area contributed by atoms with Crippen molar-refractivity contribution in [3.05, 3.63) is 12.7 Å². The van der Waals surface area contributed by atoms with Crippen molar-refractivity contribution in [3.8, 4) is 0 Å². The van der Waals surface area contributed by atoms with Crippen LogP contribution in [0, 0.1) is 0 Å². The minimum Gasteiger partial charge on any atom is -0.389 e. The smallest absolute Gasteiger partial charge is 0.0989 e. The lowest BCUT2D eigenvalue weighted by atomic mass is 10.1. The number of aliphatic hydroxyl groups is 2. The van der Waals surface area contributed by atoms with E-state index in [1.54, 1.807) is 0 Å². The molecule has 2 unspecified atom stereocenters. The standard InChI is InChI=1S/C9H19NO2/c1-5-7(11)8(12)6-10-9(2,3)4/h5,7-8,10-12H,1,6H2,2-4H3. The lowest BCUT2D eigenvalue weighted by Gasteiger charge is -2.24. The average molecular weight is 173 g/mol. The van der Waals surface area contributed by atoms with Crippen LogP contribution in [0.3, 0.4) is 0 Å². The molecule has 0 amide bonds. The number of nitrogens with one attached hydrogen (secondary N) is 1. The summed E-state index contributed by atoms with van der Waals surface area (Å²) in [4.78, 5) is 0. The molecule has 2 atom stereocenters. The molecule has 0 rings (SSSR count). The van der Waals surface area contributed by atoms with E-state index in [2.05, 4.69) is 11.9 Å². The Labute approximate surface area is 74.1 Å². The first-order chi connectivity index (χ1) is 5.37. The summed E-state index contributed by atoms with van der Waals surface area (Å²) < 4.78 is 0. The lowest BCUT2D eigenvalue weighted by Crippen LogP contribution is -2.44. The predicted molar refractivity (Wildman–Crippen MR) is 50.0 cm³/mol. The zero-order valence-electron chi connectivity index (χ0n) is 8.04. The second kappa shape index (κ2) is 4.60. The van der Waals surface area contributed by atoms with Crippen LogP contribution in [0.5, 0.6) is 0 Å². The largest absolute Gasteiger partial charge is 0.389 e. The van der Waals surface area contributed by atoms with Gasteiger partial charge in [-0.05, 0) is 20.8 Å². The highest BCUT2D eigenvalue weighted by atomic mass is 16.3. The minimum atomic E-state index is -0.847. The van der Waals surface area contributed by atoms with Gasteiger partial charge in [-0.3, -0.25) is 0 Å². The molecular weight excluding hydrogens is 154 g/mol. The number of hydrogen-bond acceptors (Lipinski definition) is 3. The molecule has 0 aromatic heterocycles. The Hall–Kier alpha value is -0.380. The Kier molecular flexibility index (Phi) is 4.45. The van der Waals surface area contributed by atoms with Crippen molar-refractivity contribution in [3.63, 3.8) is 0 Å². The van der Waals surface area contributed by atoms with Gasteiger partial charge in [0.25, 0.3) is 0 Å². The molecule has 0 aromatic rings. The van der Waals surface area contributed by atoms with E-state index in [1.165, 1.54) is 6.08 Å². The summed E-state index contributed by atoms with van der Waals surface area (Å²) in [5, 5.41) is 21.5. The first kappa shape index (κ1) is 11.6. The van der Waals surface area contributed by atoms with Gasteiger partial charge in [-0.1, -0.05) is 6.08 Å². The number of hydrogen-bond donors (Lipinski definition) is 3. The first-order valence-corrected chi connectivity index (χ1v) is 4.10. The molecule has 0 fully saturated rings. The van der Waals surface area contributed by atoms with Crippen molar-refractivity contribution >= 4 is 0 Å². The monoisotopic (exact) mass is 173 g/mol. The van der Waals surface area contributed by atoms with Crippen LogP contribution in [0.25, 0.3) is 0 Å². The third-order valence-corrected chi connectivity index (χ3v) is 1.48. The van der Waals surface area contributed by atoms with Crippen LogP contribution in [0.4, 0.5) is 0 Å². The van der Waals surface area contributed by atoms with Gasteiger partial charge in [0.15, 0.2) is 0 Å². The molecule has 0 saturated heterocycles. The van der Waals surface area contributed by atoms with Gasteiger partial charge in [0.2, 0.25) is 0 Å². The minimum absolute atomic E-state index is 0.0398. The lowest BCUT2D eigenvalue weighted by molar-refractivity contribution is 0.0452. The molecule has 0 heterocycles. The molecule has 3 N–H and O–H groups in total. The highest BCUT2D eigenvalue weighted by molar-refractivity contribution is 4.86. The number of β-amino-alcohol motifs (C(OH)–C–C–N with tert-alkyl or cyclic N) is 1. The van der Waals surface area contributed by atoms with Gasteiger partial charge in [0.05, 0.1) is 12.2 Å². The second-order valence-electron chi connectivity index (χ2n) is 3.92. The number of rotatable bonds is 4. The molecular formula is C9H19NO2.